The normalized spacial score (nSPS) is 29.3. The van der Waals surface area contributed by atoms with Gasteiger partial charge in [-0.15, -0.1) is 0 Å². The molecule has 0 aliphatic heterocycles. The van der Waals surface area contributed by atoms with Gasteiger partial charge in [0.2, 0.25) is 0 Å². The standard InChI is InChI=1S/C12H18ClN3/c1-3-9-4-5-10(8(9)2)16-12-6-11(13)14-7-15-12/h6-10H,3-5H2,1-2H3,(H,14,15,16). The lowest BCUT2D eigenvalue weighted by molar-refractivity contribution is 0.391. The summed E-state index contributed by atoms with van der Waals surface area (Å²) in [6.45, 7) is 4.59. The Kier molecular flexibility index (Phi) is 3.64. The van der Waals surface area contributed by atoms with Gasteiger partial charge in [0.15, 0.2) is 0 Å². The molecule has 1 fully saturated rings. The fourth-order valence-corrected chi connectivity index (χ4v) is 2.78. The van der Waals surface area contributed by atoms with Crippen molar-refractivity contribution in [2.75, 3.05) is 5.32 Å². The summed E-state index contributed by atoms with van der Waals surface area (Å²) in [6.07, 6.45) is 5.31. The lowest BCUT2D eigenvalue weighted by atomic mass is 9.93. The number of nitrogens with zero attached hydrogens (tertiary/aromatic N) is 2. The van der Waals surface area contributed by atoms with Crippen LogP contribution in [0.2, 0.25) is 5.15 Å². The molecule has 1 aromatic rings. The second-order valence-electron chi connectivity index (χ2n) is 4.58. The minimum Gasteiger partial charge on any atom is -0.367 e. The van der Waals surface area contributed by atoms with Crippen molar-refractivity contribution in [2.45, 2.75) is 39.2 Å². The molecule has 0 spiro atoms. The van der Waals surface area contributed by atoms with Crippen molar-refractivity contribution < 1.29 is 0 Å². The van der Waals surface area contributed by atoms with Crippen molar-refractivity contribution in [1.29, 1.82) is 0 Å². The molecular weight excluding hydrogens is 222 g/mol. The maximum atomic E-state index is 5.83. The molecule has 1 N–H and O–H groups in total. The van der Waals surface area contributed by atoms with E-state index < -0.39 is 0 Å². The van der Waals surface area contributed by atoms with E-state index in [1.54, 1.807) is 6.07 Å². The number of hydrogen-bond donors (Lipinski definition) is 1. The molecule has 0 aromatic carbocycles. The molecule has 3 atom stereocenters. The van der Waals surface area contributed by atoms with Gasteiger partial charge in [-0.3, -0.25) is 0 Å². The summed E-state index contributed by atoms with van der Waals surface area (Å²) in [5.41, 5.74) is 0. The van der Waals surface area contributed by atoms with Crippen molar-refractivity contribution in [3.05, 3.63) is 17.5 Å². The highest BCUT2D eigenvalue weighted by atomic mass is 35.5. The minimum absolute atomic E-state index is 0.496. The fraction of sp³-hybridized carbons (Fsp3) is 0.667. The van der Waals surface area contributed by atoms with Crippen LogP contribution in [0.1, 0.15) is 33.1 Å². The van der Waals surface area contributed by atoms with Crippen molar-refractivity contribution in [1.82, 2.24) is 9.97 Å². The van der Waals surface area contributed by atoms with Crippen LogP contribution in [0.5, 0.6) is 0 Å². The zero-order valence-corrected chi connectivity index (χ0v) is 10.5. The topological polar surface area (TPSA) is 37.8 Å². The molecule has 88 valence electrons. The third-order valence-corrected chi connectivity index (χ3v) is 3.92. The van der Waals surface area contributed by atoms with Gasteiger partial charge in [-0.25, -0.2) is 9.97 Å². The molecular formula is C12H18ClN3. The van der Waals surface area contributed by atoms with Crippen LogP contribution in [0.25, 0.3) is 0 Å². The third kappa shape index (κ3) is 2.46. The summed E-state index contributed by atoms with van der Waals surface area (Å²) < 4.78 is 0. The first-order chi connectivity index (χ1) is 7.70. The van der Waals surface area contributed by atoms with Gasteiger partial charge in [0.25, 0.3) is 0 Å². The monoisotopic (exact) mass is 239 g/mol. The molecule has 3 nitrogen and oxygen atoms in total. The molecule has 0 radical (unpaired) electrons. The predicted octanol–water partition coefficient (Wildman–Crippen LogP) is 3.37. The summed E-state index contributed by atoms with van der Waals surface area (Å²) >= 11 is 5.83. The highest BCUT2D eigenvalue weighted by molar-refractivity contribution is 6.29. The summed E-state index contributed by atoms with van der Waals surface area (Å²) in [5, 5.41) is 3.96. The Morgan fingerprint density at radius 2 is 2.25 bits per heavy atom. The van der Waals surface area contributed by atoms with E-state index in [2.05, 4.69) is 29.1 Å². The quantitative estimate of drug-likeness (QED) is 0.822. The first-order valence-electron chi connectivity index (χ1n) is 5.94. The molecule has 1 saturated carbocycles. The Balaban J connectivity index is 2.00. The molecule has 1 aliphatic carbocycles. The zero-order chi connectivity index (χ0) is 11.5. The molecule has 1 aromatic heterocycles. The van der Waals surface area contributed by atoms with Gasteiger partial charge in [-0.1, -0.05) is 31.9 Å². The van der Waals surface area contributed by atoms with Crippen LogP contribution in [0.4, 0.5) is 5.82 Å². The van der Waals surface area contributed by atoms with Crippen LogP contribution in [0, 0.1) is 11.8 Å². The summed E-state index contributed by atoms with van der Waals surface area (Å²) in [6, 6.07) is 2.31. The highest BCUT2D eigenvalue weighted by Gasteiger charge is 2.31. The van der Waals surface area contributed by atoms with Crippen molar-refractivity contribution >= 4 is 17.4 Å². The van der Waals surface area contributed by atoms with Crippen LogP contribution in [-0.4, -0.2) is 16.0 Å². The van der Waals surface area contributed by atoms with Crippen molar-refractivity contribution in [2.24, 2.45) is 11.8 Å². The molecule has 16 heavy (non-hydrogen) atoms. The van der Waals surface area contributed by atoms with Gasteiger partial charge >= 0.3 is 0 Å². The second kappa shape index (κ2) is 5.00. The van der Waals surface area contributed by atoms with Crippen LogP contribution in [-0.2, 0) is 0 Å². The lowest BCUT2D eigenvalue weighted by Gasteiger charge is -2.21. The van der Waals surface area contributed by atoms with Gasteiger partial charge in [-0.2, -0.15) is 0 Å². The number of hydrogen-bond acceptors (Lipinski definition) is 3. The predicted molar refractivity (Wildman–Crippen MR) is 66.6 cm³/mol. The summed E-state index contributed by atoms with van der Waals surface area (Å²) in [4.78, 5) is 8.06. The fourth-order valence-electron chi connectivity index (χ4n) is 2.63. The Morgan fingerprint density at radius 1 is 1.44 bits per heavy atom. The van der Waals surface area contributed by atoms with Crippen molar-refractivity contribution in [3.63, 3.8) is 0 Å². The maximum Gasteiger partial charge on any atom is 0.134 e. The first-order valence-corrected chi connectivity index (χ1v) is 6.32. The van der Waals surface area contributed by atoms with E-state index in [0.717, 1.165) is 11.7 Å². The Bertz CT molecular complexity index is 356. The molecule has 2 rings (SSSR count). The van der Waals surface area contributed by atoms with Crippen LogP contribution in [0.3, 0.4) is 0 Å². The smallest absolute Gasteiger partial charge is 0.134 e. The summed E-state index contributed by atoms with van der Waals surface area (Å²) in [5.74, 6) is 2.39. The third-order valence-electron chi connectivity index (χ3n) is 3.72. The lowest BCUT2D eigenvalue weighted by Crippen LogP contribution is -2.25. The Morgan fingerprint density at radius 3 is 2.88 bits per heavy atom. The van der Waals surface area contributed by atoms with Gasteiger partial charge in [0.1, 0.15) is 17.3 Å². The number of halogens is 1. The molecule has 0 bridgehead atoms. The Hall–Kier alpha value is -0.830. The van der Waals surface area contributed by atoms with Gasteiger partial charge in [-0.05, 0) is 24.7 Å². The first kappa shape index (κ1) is 11.6. The van der Waals surface area contributed by atoms with Crippen LogP contribution >= 0.6 is 11.6 Å². The zero-order valence-electron chi connectivity index (χ0n) is 9.78. The van der Waals surface area contributed by atoms with E-state index in [1.165, 1.54) is 25.6 Å². The van der Waals surface area contributed by atoms with Gasteiger partial charge in [0.05, 0.1) is 0 Å². The molecule has 4 heteroatoms. The van der Waals surface area contributed by atoms with Crippen LogP contribution in [0.15, 0.2) is 12.4 Å². The van der Waals surface area contributed by atoms with E-state index in [1.807, 2.05) is 0 Å². The van der Waals surface area contributed by atoms with Crippen LogP contribution < -0.4 is 5.32 Å². The SMILES string of the molecule is CCC1CCC(Nc2cc(Cl)ncn2)C1C. The second-order valence-corrected chi connectivity index (χ2v) is 4.97. The van der Waals surface area contributed by atoms with Gasteiger partial charge < -0.3 is 5.32 Å². The maximum absolute atomic E-state index is 5.83. The Labute approximate surface area is 102 Å². The number of rotatable bonds is 3. The highest BCUT2D eigenvalue weighted by Crippen LogP contribution is 2.35. The molecule has 1 aliphatic rings. The van der Waals surface area contributed by atoms with Gasteiger partial charge in [0, 0.05) is 12.1 Å². The van der Waals surface area contributed by atoms with E-state index in [-0.39, 0.29) is 0 Å². The van der Waals surface area contributed by atoms with E-state index >= 15 is 0 Å². The molecule has 0 amide bonds. The molecule has 1 heterocycles. The van der Waals surface area contributed by atoms with E-state index in [9.17, 15) is 0 Å². The van der Waals surface area contributed by atoms with Crippen molar-refractivity contribution in [3.8, 4) is 0 Å². The number of nitrogens with one attached hydrogen (secondary N) is 1. The average Bonchev–Trinajstić information content (AvgIpc) is 2.60. The molecule has 0 saturated heterocycles. The number of anilines is 1. The minimum atomic E-state index is 0.496. The summed E-state index contributed by atoms with van der Waals surface area (Å²) in [7, 11) is 0. The van der Waals surface area contributed by atoms with E-state index in [4.69, 9.17) is 11.6 Å². The van der Waals surface area contributed by atoms with E-state index in [0.29, 0.717) is 17.1 Å². The molecule has 3 unspecified atom stereocenters. The number of aromatic nitrogens is 2. The average molecular weight is 240 g/mol. The largest absolute Gasteiger partial charge is 0.367 e.